The lowest BCUT2D eigenvalue weighted by Gasteiger charge is -2.26. The molecule has 1 aromatic carbocycles. The van der Waals surface area contributed by atoms with Crippen molar-refractivity contribution in [3.8, 4) is 0 Å². The van der Waals surface area contributed by atoms with Gasteiger partial charge in [0.2, 0.25) is 10.0 Å². The van der Waals surface area contributed by atoms with E-state index in [0.29, 0.717) is 13.1 Å². The fourth-order valence-corrected chi connectivity index (χ4v) is 4.67. The van der Waals surface area contributed by atoms with E-state index in [-0.39, 0.29) is 22.2 Å². The Morgan fingerprint density at radius 1 is 1.43 bits per heavy atom. The molecule has 1 unspecified atom stereocenters. The predicted molar refractivity (Wildman–Crippen MR) is 81.0 cm³/mol. The first-order valence-electron chi connectivity index (χ1n) is 6.95. The average molecular weight is 315 g/mol. The number of nitrogen functional groups attached to an aromatic ring is 1. The molecule has 7 heteroatoms. The summed E-state index contributed by atoms with van der Waals surface area (Å²) in [6.07, 6.45) is 1.58. The summed E-state index contributed by atoms with van der Waals surface area (Å²) in [6, 6.07) is 2.53. The van der Waals surface area contributed by atoms with Crippen molar-refractivity contribution in [2.24, 2.45) is 0 Å². The molecule has 21 heavy (non-hydrogen) atoms. The molecule has 1 aromatic rings. The highest BCUT2D eigenvalue weighted by Crippen LogP contribution is 2.30. The van der Waals surface area contributed by atoms with E-state index in [2.05, 4.69) is 0 Å². The molecule has 0 radical (unpaired) electrons. The van der Waals surface area contributed by atoms with Crippen LogP contribution in [0.25, 0.3) is 0 Å². The molecule has 1 aliphatic heterocycles. The molecule has 0 saturated carbocycles. The Labute approximate surface area is 125 Å². The van der Waals surface area contributed by atoms with Crippen molar-refractivity contribution in [1.82, 2.24) is 9.21 Å². The second-order valence-corrected chi connectivity index (χ2v) is 7.68. The lowest BCUT2D eigenvalue weighted by molar-refractivity contribution is 0.290. The second-order valence-electron chi connectivity index (χ2n) is 5.82. The number of anilines is 1. The second kappa shape index (κ2) is 5.90. The molecule has 0 spiro atoms. The molecule has 0 aromatic heterocycles. The molecule has 1 atom stereocenters. The maximum atomic E-state index is 14.2. The summed E-state index contributed by atoms with van der Waals surface area (Å²) in [7, 11) is -0.0631. The van der Waals surface area contributed by atoms with Gasteiger partial charge in [0.15, 0.2) is 0 Å². The number of likely N-dealkylation sites (N-methyl/N-ethyl adjacent to an activating group) is 1. The highest BCUT2D eigenvalue weighted by Gasteiger charge is 2.37. The lowest BCUT2D eigenvalue weighted by Crippen LogP contribution is -2.41. The summed E-state index contributed by atoms with van der Waals surface area (Å²) < 4.78 is 41.2. The van der Waals surface area contributed by atoms with Crippen molar-refractivity contribution in [3.63, 3.8) is 0 Å². The summed E-state index contributed by atoms with van der Waals surface area (Å²) in [5, 5.41) is 0. The SMILES string of the molecule is Cc1cc(N)cc(S(=O)(=O)N2CCCC2CN(C)C)c1F. The quantitative estimate of drug-likeness (QED) is 0.854. The van der Waals surface area contributed by atoms with Gasteiger partial charge in [-0.15, -0.1) is 0 Å². The maximum Gasteiger partial charge on any atom is 0.246 e. The van der Waals surface area contributed by atoms with Crippen molar-refractivity contribution in [2.45, 2.75) is 30.7 Å². The third-order valence-electron chi connectivity index (χ3n) is 3.73. The predicted octanol–water partition coefficient (Wildman–Crippen LogP) is 1.43. The number of sulfonamides is 1. The number of benzene rings is 1. The Morgan fingerprint density at radius 2 is 2.10 bits per heavy atom. The van der Waals surface area contributed by atoms with Crippen molar-refractivity contribution in [1.29, 1.82) is 0 Å². The number of aryl methyl sites for hydroxylation is 1. The zero-order valence-corrected chi connectivity index (χ0v) is 13.5. The molecule has 118 valence electrons. The van der Waals surface area contributed by atoms with Gasteiger partial charge in [-0.2, -0.15) is 4.31 Å². The fourth-order valence-electron chi connectivity index (χ4n) is 2.81. The van der Waals surface area contributed by atoms with Crippen LogP contribution in [0.2, 0.25) is 0 Å². The van der Waals surface area contributed by atoms with Gasteiger partial charge in [0, 0.05) is 24.8 Å². The average Bonchev–Trinajstić information content (AvgIpc) is 2.81. The van der Waals surface area contributed by atoms with Crippen LogP contribution in [0.5, 0.6) is 0 Å². The third-order valence-corrected chi connectivity index (χ3v) is 5.68. The van der Waals surface area contributed by atoms with Crippen LogP contribution in [0.4, 0.5) is 10.1 Å². The molecule has 1 fully saturated rings. The van der Waals surface area contributed by atoms with Gasteiger partial charge in [-0.05, 0) is 51.6 Å². The molecular weight excluding hydrogens is 293 g/mol. The van der Waals surface area contributed by atoms with Crippen LogP contribution in [0, 0.1) is 12.7 Å². The van der Waals surface area contributed by atoms with Gasteiger partial charge in [-0.25, -0.2) is 12.8 Å². The normalized spacial score (nSPS) is 20.3. The van der Waals surface area contributed by atoms with E-state index in [1.165, 1.54) is 23.4 Å². The zero-order chi connectivity index (χ0) is 15.8. The minimum absolute atomic E-state index is 0.119. The highest BCUT2D eigenvalue weighted by atomic mass is 32.2. The first-order chi connectivity index (χ1) is 9.73. The van der Waals surface area contributed by atoms with Crippen LogP contribution in [-0.4, -0.2) is 50.8 Å². The molecule has 2 rings (SSSR count). The van der Waals surface area contributed by atoms with Gasteiger partial charge in [0.25, 0.3) is 0 Å². The van der Waals surface area contributed by atoms with E-state index >= 15 is 0 Å². The van der Waals surface area contributed by atoms with Crippen LogP contribution in [0.1, 0.15) is 18.4 Å². The Balaban J connectivity index is 2.42. The van der Waals surface area contributed by atoms with E-state index < -0.39 is 15.8 Å². The van der Waals surface area contributed by atoms with E-state index in [4.69, 9.17) is 5.73 Å². The van der Waals surface area contributed by atoms with Crippen LogP contribution >= 0.6 is 0 Å². The summed E-state index contributed by atoms with van der Waals surface area (Å²) in [6.45, 7) is 2.57. The van der Waals surface area contributed by atoms with E-state index in [0.717, 1.165) is 12.8 Å². The number of nitrogens with two attached hydrogens (primary N) is 1. The summed E-state index contributed by atoms with van der Waals surface area (Å²) in [5.41, 5.74) is 6.19. The van der Waals surface area contributed by atoms with E-state index in [1.54, 1.807) is 0 Å². The Bertz CT molecular complexity index is 631. The summed E-state index contributed by atoms with van der Waals surface area (Å²) in [4.78, 5) is 1.63. The van der Waals surface area contributed by atoms with Gasteiger partial charge < -0.3 is 10.6 Å². The first kappa shape index (κ1) is 16.2. The number of nitrogens with zero attached hydrogens (tertiary/aromatic N) is 2. The molecule has 0 amide bonds. The highest BCUT2D eigenvalue weighted by molar-refractivity contribution is 7.89. The van der Waals surface area contributed by atoms with Gasteiger partial charge in [-0.3, -0.25) is 0 Å². The van der Waals surface area contributed by atoms with Crippen LogP contribution < -0.4 is 5.73 Å². The van der Waals surface area contributed by atoms with Gasteiger partial charge in [0.1, 0.15) is 10.7 Å². The zero-order valence-electron chi connectivity index (χ0n) is 12.6. The monoisotopic (exact) mass is 315 g/mol. The molecule has 1 saturated heterocycles. The standard InChI is InChI=1S/C14H22FN3O2S/c1-10-7-11(16)8-13(14(10)15)21(19,20)18-6-4-5-12(18)9-17(2)3/h7-8,12H,4-6,9,16H2,1-3H3. The molecular formula is C14H22FN3O2S. The number of hydrogen-bond donors (Lipinski definition) is 1. The minimum Gasteiger partial charge on any atom is -0.399 e. The molecule has 0 bridgehead atoms. The van der Waals surface area contributed by atoms with Crippen LogP contribution in [0.15, 0.2) is 17.0 Å². The maximum absolute atomic E-state index is 14.2. The number of halogens is 1. The molecule has 2 N–H and O–H groups in total. The largest absolute Gasteiger partial charge is 0.399 e. The van der Waals surface area contributed by atoms with Gasteiger partial charge in [-0.1, -0.05) is 0 Å². The molecule has 1 heterocycles. The number of hydrogen-bond acceptors (Lipinski definition) is 4. The third kappa shape index (κ3) is 3.20. The molecule has 1 aliphatic rings. The summed E-state index contributed by atoms with van der Waals surface area (Å²) in [5.74, 6) is -0.709. The molecule has 5 nitrogen and oxygen atoms in total. The summed E-state index contributed by atoms with van der Waals surface area (Å²) >= 11 is 0. The van der Waals surface area contributed by atoms with Crippen molar-refractivity contribution in [3.05, 3.63) is 23.5 Å². The smallest absolute Gasteiger partial charge is 0.246 e. The lowest BCUT2D eigenvalue weighted by atomic mass is 10.2. The van der Waals surface area contributed by atoms with E-state index in [9.17, 15) is 12.8 Å². The Kier molecular flexibility index (Phi) is 4.55. The Morgan fingerprint density at radius 3 is 2.71 bits per heavy atom. The first-order valence-corrected chi connectivity index (χ1v) is 8.39. The fraction of sp³-hybridized carbons (Fsp3) is 0.571. The van der Waals surface area contributed by atoms with Crippen LogP contribution in [0.3, 0.4) is 0 Å². The topological polar surface area (TPSA) is 66.6 Å². The van der Waals surface area contributed by atoms with Gasteiger partial charge >= 0.3 is 0 Å². The molecule has 0 aliphatic carbocycles. The van der Waals surface area contributed by atoms with Crippen LogP contribution in [-0.2, 0) is 10.0 Å². The van der Waals surface area contributed by atoms with E-state index in [1.807, 2.05) is 19.0 Å². The van der Waals surface area contributed by atoms with Crippen molar-refractivity contribution >= 4 is 15.7 Å². The minimum atomic E-state index is -3.86. The van der Waals surface area contributed by atoms with Crippen molar-refractivity contribution in [2.75, 3.05) is 32.9 Å². The Hall–Kier alpha value is -1.18. The number of rotatable bonds is 4. The van der Waals surface area contributed by atoms with Gasteiger partial charge in [0.05, 0.1) is 0 Å². The van der Waals surface area contributed by atoms with Crippen molar-refractivity contribution < 1.29 is 12.8 Å².